The van der Waals surface area contributed by atoms with Crippen LogP contribution in [0.15, 0.2) is 52.9 Å². The van der Waals surface area contributed by atoms with E-state index in [4.69, 9.17) is 9.15 Å². The van der Waals surface area contributed by atoms with Gasteiger partial charge in [0.05, 0.1) is 25.8 Å². The molecule has 1 aliphatic rings. The molecule has 7 heteroatoms. The summed E-state index contributed by atoms with van der Waals surface area (Å²) in [5, 5.41) is 0. The SMILES string of the molecule is COC(=O)CCC(=O)N1CCc2ccc(OCCc3nc(-c4ccccc4)oc3C)cc2C1. The highest BCUT2D eigenvalue weighted by Crippen LogP contribution is 2.25. The second kappa shape index (κ2) is 10.3. The van der Waals surface area contributed by atoms with E-state index >= 15 is 0 Å². The van der Waals surface area contributed by atoms with Crippen molar-refractivity contribution in [1.82, 2.24) is 9.88 Å². The van der Waals surface area contributed by atoms with Crippen LogP contribution >= 0.6 is 0 Å². The van der Waals surface area contributed by atoms with E-state index in [0.29, 0.717) is 32.0 Å². The largest absolute Gasteiger partial charge is 0.493 e. The van der Waals surface area contributed by atoms with Gasteiger partial charge in [0.2, 0.25) is 11.8 Å². The number of aryl methyl sites for hydroxylation is 1. The number of hydrogen-bond donors (Lipinski definition) is 0. The number of amides is 1. The number of nitrogens with zero attached hydrogens (tertiary/aromatic N) is 2. The number of benzene rings is 2. The predicted octanol–water partition coefficient (Wildman–Crippen LogP) is 4.11. The average Bonchev–Trinajstić information content (AvgIpc) is 3.22. The Morgan fingerprint density at radius 1 is 1.09 bits per heavy atom. The summed E-state index contributed by atoms with van der Waals surface area (Å²) in [4.78, 5) is 30.2. The fourth-order valence-electron chi connectivity index (χ4n) is 3.94. The van der Waals surface area contributed by atoms with Gasteiger partial charge in [-0.3, -0.25) is 9.59 Å². The van der Waals surface area contributed by atoms with Crippen LogP contribution in [-0.2, 0) is 33.7 Å². The third kappa shape index (κ3) is 5.61. The van der Waals surface area contributed by atoms with Crippen LogP contribution < -0.4 is 4.74 Å². The molecule has 172 valence electrons. The summed E-state index contributed by atoms with van der Waals surface area (Å²) in [7, 11) is 1.33. The van der Waals surface area contributed by atoms with Crippen LogP contribution in [-0.4, -0.2) is 42.0 Å². The van der Waals surface area contributed by atoms with Crippen molar-refractivity contribution in [1.29, 1.82) is 0 Å². The van der Waals surface area contributed by atoms with E-state index in [1.54, 1.807) is 4.90 Å². The molecule has 7 nitrogen and oxygen atoms in total. The Balaban J connectivity index is 1.33. The van der Waals surface area contributed by atoms with Gasteiger partial charge >= 0.3 is 5.97 Å². The highest BCUT2D eigenvalue weighted by atomic mass is 16.5. The molecule has 0 N–H and O–H groups in total. The van der Waals surface area contributed by atoms with Crippen molar-refractivity contribution < 1.29 is 23.5 Å². The quantitative estimate of drug-likeness (QED) is 0.483. The number of hydrogen-bond acceptors (Lipinski definition) is 6. The lowest BCUT2D eigenvalue weighted by molar-refractivity contribution is -0.143. The van der Waals surface area contributed by atoms with Gasteiger partial charge in [0, 0.05) is 31.5 Å². The number of aromatic nitrogens is 1. The van der Waals surface area contributed by atoms with Gasteiger partial charge in [-0.1, -0.05) is 24.3 Å². The molecule has 0 radical (unpaired) electrons. The Morgan fingerprint density at radius 3 is 2.70 bits per heavy atom. The molecule has 0 spiro atoms. The van der Waals surface area contributed by atoms with Gasteiger partial charge in [-0.15, -0.1) is 0 Å². The normalized spacial score (nSPS) is 12.8. The van der Waals surface area contributed by atoms with Gasteiger partial charge < -0.3 is 18.8 Å². The molecular formula is C26H28N2O5. The molecule has 0 bridgehead atoms. The second-order valence-corrected chi connectivity index (χ2v) is 8.06. The minimum absolute atomic E-state index is 0.0342. The van der Waals surface area contributed by atoms with Gasteiger partial charge in [-0.05, 0) is 48.7 Å². The Morgan fingerprint density at radius 2 is 1.91 bits per heavy atom. The van der Waals surface area contributed by atoms with Crippen LogP contribution in [0.4, 0.5) is 0 Å². The maximum Gasteiger partial charge on any atom is 0.306 e. The molecule has 0 saturated heterocycles. The van der Waals surface area contributed by atoms with Crippen LogP contribution in [0.2, 0.25) is 0 Å². The maximum absolute atomic E-state index is 12.4. The summed E-state index contributed by atoms with van der Waals surface area (Å²) in [6.07, 6.45) is 1.70. The fraction of sp³-hybridized carbons (Fsp3) is 0.346. The zero-order valence-electron chi connectivity index (χ0n) is 19.0. The number of esters is 1. The molecule has 0 aliphatic carbocycles. The monoisotopic (exact) mass is 448 g/mol. The Kier molecular flexibility index (Phi) is 7.07. The van der Waals surface area contributed by atoms with E-state index in [-0.39, 0.29) is 24.7 Å². The molecule has 0 saturated carbocycles. The molecule has 4 rings (SSSR count). The number of oxazole rings is 1. The van der Waals surface area contributed by atoms with Crippen molar-refractivity contribution in [3.05, 3.63) is 71.1 Å². The Labute approximate surface area is 193 Å². The summed E-state index contributed by atoms with van der Waals surface area (Å²) >= 11 is 0. The second-order valence-electron chi connectivity index (χ2n) is 8.06. The first-order valence-electron chi connectivity index (χ1n) is 11.1. The summed E-state index contributed by atoms with van der Waals surface area (Å²) < 4.78 is 16.4. The van der Waals surface area contributed by atoms with E-state index in [1.807, 2.05) is 49.4 Å². The van der Waals surface area contributed by atoms with Crippen molar-refractivity contribution >= 4 is 11.9 Å². The zero-order valence-corrected chi connectivity index (χ0v) is 19.0. The number of carbonyl (C=O) groups excluding carboxylic acids is 2. The van der Waals surface area contributed by atoms with Crippen molar-refractivity contribution in [3.63, 3.8) is 0 Å². The summed E-state index contributed by atoms with van der Waals surface area (Å²) in [6, 6.07) is 15.9. The minimum atomic E-state index is -0.366. The molecule has 1 aliphatic heterocycles. The highest BCUT2D eigenvalue weighted by Gasteiger charge is 2.22. The van der Waals surface area contributed by atoms with Crippen LogP contribution in [0, 0.1) is 6.92 Å². The van der Waals surface area contributed by atoms with Gasteiger partial charge in [-0.25, -0.2) is 4.98 Å². The van der Waals surface area contributed by atoms with E-state index in [9.17, 15) is 9.59 Å². The lowest BCUT2D eigenvalue weighted by Crippen LogP contribution is -2.36. The molecule has 0 unspecified atom stereocenters. The molecule has 2 heterocycles. The van der Waals surface area contributed by atoms with Crippen molar-refractivity contribution in [3.8, 4) is 17.2 Å². The third-order valence-corrected chi connectivity index (χ3v) is 5.83. The molecule has 33 heavy (non-hydrogen) atoms. The number of rotatable bonds is 8. The number of ether oxygens (including phenoxy) is 2. The first kappa shape index (κ1) is 22.6. The Bertz CT molecular complexity index is 1120. The van der Waals surface area contributed by atoms with Crippen LogP contribution in [0.25, 0.3) is 11.5 Å². The number of fused-ring (bicyclic) bond motifs is 1. The van der Waals surface area contributed by atoms with Crippen LogP contribution in [0.5, 0.6) is 5.75 Å². The fourth-order valence-corrected chi connectivity index (χ4v) is 3.94. The van der Waals surface area contributed by atoms with Gasteiger partial charge in [0.15, 0.2) is 0 Å². The Hall–Kier alpha value is -3.61. The molecule has 1 amide bonds. The van der Waals surface area contributed by atoms with Gasteiger partial charge in [0.25, 0.3) is 0 Å². The van der Waals surface area contributed by atoms with Gasteiger partial charge in [0.1, 0.15) is 11.5 Å². The maximum atomic E-state index is 12.4. The van der Waals surface area contributed by atoms with Crippen LogP contribution in [0.3, 0.4) is 0 Å². The minimum Gasteiger partial charge on any atom is -0.493 e. The molecule has 3 aromatic rings. The molecule has 0 atom stereocenters. The van der Waals surface area contributed by atoms with Crippen molar-refractivity contribution in [2.24, 2.45) is 0 Å². The zero-order chi connectivity index (χ0) is 23.2. The van der Waals surface area contributed by atoms with E-state index in [2.05, 4.69) is 15.8 Å². The first-order valence-corrected chi connectivity index (χ1v) is 11.1. The van der Waals surface area contributed by atoms with Crippen molar-refractivity contribution in [2.75, 3.05) is 20.3 Å². The third-order valence-electron chi connectivity index (χ3n) is 5.83. The standard InChI is InChI=1S/C26H28N2O5/c1-18-23(27-26(33-18)20-6-4-3-5-7-20)13-15-32-22-9-8-19-12-14-28(17-21(19)16-22)24(29)10-11-25(30)31-2/h3-9,16H,10-15,17H2,1-2H3. The summed E-state index contributed by atoms with van der Waals surface area (Å²) in [5.74, 6) is 1.78. The smallest absolute Gasteiger partial charge is 0.306 e. The average molecular weight is 449 g/mol. The van der Waals surface area contributed by atoms with E-state index in [1.165, 1.54) is 12.7 Å². The van der Waals surface area contributed by atoms with Crippen LogP contribution in [0.1, 0.15) is 35.4 Å². The molecule has 2 aromatic carbocycles. The predicted molar refractivity (Wildman–Crippen MR) is 123 cm³/mol. The van der Waals surface area contributed by atoms with Crippen molar-refractivity contribution in [2.45, 2.75) is 39.2 Å². The summed E-state index contributed by atoms with van der Waals surface area (Å²) in [5.41, 5.74) is 4.13. The number of carbonyl (C=O) groups is 2. The van der Waals surface area contributed by atoms with Gasteiger partial charge in [-0.2, -0.15) is 0 Å². The number of methoxy groups -OCH3 is 1. The lowest BCUT2D eigenvalue weighted by Gasteiger charge is -2.29. The van der Waals surface area contributed by atoms with E-state index < -0.39 is 0 Å². The first-order chi connectivity index (χ1) is 16.0. The topological polar surface area (TPSA) is 81.9 Å². The summed E-state index contributed by atoms with van der Waals surface area (Å²) in [6.45, 7) is 3.57. The molecule has 0 fully saturated rings. The lowest BCUT2D eigenvalue weighted by atomic mass is 9.99. The highest BCUT2D eigenvalue weighted by molar-refractivity contribution is 5.81. The van der Waals surface area contributed by atoms with E-state index in [0.717, 1.165) is 34.8 Å². The molecular weight excluding hydrogens is 420 g/mol. The molecule has 1 aromatic heterocycles.